The fourth-order valence-electron chi connectivity index (χ4n) is 4.96. The van der Waals surface area contributed by atoms with E-state index in [1.54, 1.807) is 18.2 Å². The molecule has 1 aromatic carbocycles. The van der Waals surface area contributed by atoms with Gasteiger partial charge in [-0.3, -0.25) is 5.21 Å². The van der Waals surface area contributed by atoms with Gasteiger partial charge in [0.15, 0.2) is 5.82 Å². The van der Waals surface area contributed by atoms with E-state index >= 15 is 0 Å². The van der Waals surface area contributed by atoms with Crippen molar-refractivity contribution in [1.82, 2.24) is 15.5 Å². The Kier molecular flexibility index (Phi) is 5.77. The van der Waals surface area contributed by atoms with E-state index in [0.29, 0.717) is 30.3 Å². The van der Waals surface area contributed by atoms with Crippen LogP contribution < -0.4 is 10.4 Å². The van der Waals surface area contributed by atoms with Crippen LogP contribution in [0, 0.1) is 0 Å². The summed E-state index contributed by atoms with van der Waals surface area (Å²) < 4.78 is 5.36. The van der Waals surface area contributed by atoms with Crippen LogP contribution >= 0.6 is 0 Å². The average molecular weight is 425 g/mol. The summed E-state index contributed by atoms with van der Waals surface area (Å²) in [6.07, 6.45) is 4.47. The lowest BCUT2D eigenvalue weighted by Gasteiger charge is -2.48. The van der Waals surface area contributed by atoms with Gasteiger partial charge in [0.2, 0.25) is 0 Å². The minimum atomic E-state index is -0.0891. The molecular weight excluding hydrogens is 392 g/mol. The lowest BCUT2D eigenvalue weighted by molar-refractivity contribution is 0.102. The van der Waals surface area contributed by atoms with Crippen LogP contribution in [0.25, 0.3) is 16.8 Å². The molecule has 3 N–H and O–H groups in total. The number of rotatable bonds is 4. The minimum absolute atomic E-state index is 0.0631. The van der Waals surface area contributed by atoms with Crippen LogP contribution in [0.2, 0.25) is 0 Å². The molecule has 0 aliphatic carbocycles. The second-order valence-electron chi connectivity index (χ2n) is 9.86. The third kappa shape index (κ3) is 4.89. The topological polar surface area (TPSA) is 90.7 Å². The Hall–Kier alpha value is -2.48. The summed E-state index contributed by atoms with van der Waals surface area (Å²) in [6.45, 7) is 9.88. The molecule has 0 saturated carbocycles. The van der Waals surface area contributed by atoms with Gasteiger partial charge in [-0.25, -0.2) is 5.06 Å². The molecule has 1 aromatic heterocycles. The first-order valence-electron chi connectivity index (χ1n) is 10.9. The molecule has 4 rings (SSSR count). The quantitative estimate of drug-likeness (QED) is 0.635. The van der Waals surface area contributed by atoms with Gasteiger partial charge in [0.1, 0.15) is 5.75 Å². The highest BCUT2D eigenvalue weighted by molar-refractivity contribution is 5.74. The highest BCUT2D eigenvalue weighted by atomic mass is 16.5. The Bertz CT molecular complexity index is 953. The summed E-state index contributed by atoms with van der Waals surface area (Å²) in [6, 6.07) is 9.08. The second-order valence-corrected chi connectivity index (χ2v) is 9.86. The summed E-state index contributed by atoms with van der Waals surface area (Å²) in [5.41, 5.74) is 3.17. The predicted octanol–water partition coefficient (Wildman–Crippen LogP) is 4.16. The van der Waals surface area contributed by atoms with Crippen LogP contribution in [0.4, 0.5) is 5.82 Å². The van der Waals surface area contributed by atoms with Crippen LogP contribution in [0.1, 0.15) is 52.5 Å². The van der Waals surface area contributed by atoms with Gasteiger partial charge in [0.05, 0.1) is 24.9 Å². The number of nitrogens with one attached hydrogen (secondary N) is 1. The third-order valence-corrected chi connectivity index (χ3v) is 6.01. The lowest BCUT2D eigenvalue weighted by atomic mass is 9.79. The van der Waals surface area contributed by atoms with Crippen LogP contribution in [-0.2, 0) is 4.74 Å². The Labute approximate surface area is 183 Å². The van der Waals surface area contributed by atoms with Gasteiger partial charge in [0, 0.05) is 16.6 Å². The molecule has 31 heavy (non-hydrogen) atoms. The van der Waals surface area contributed by atoms with Gasteiger partial charge in [-0.2, -0.15) is 0 Å². The van der Waals surface area contributed by atoms with E-state index < -0.39 is 0 Å². The number of hydrogen-bond donors (Lipinski definition) is 3. The molecule has 2 aromatic rings. The molecule has 0 unspecified atom stereocenters. The molecule has 0 atom stereocenters. The van der Waals surface area contributed by atoms with Crippen molar-refractivity contribution in [3.63, 3.8) is 0 Å². The maximum Gasteiger partial charge on any atom is 0.175 e. The molecule has 1 saturated heterocycles. The number of phenolic OH excluding ortho intramolecular Hbond substituents is 1. The van der Waals surface area contributed by atoms with Crippen molar-refractivity contribution < 1.29 is 15.1 Å². The number of nitrogens with zero attached hydrogens (tertiary/aromatic N) is 3. The van der Waals surface area contributed by atoms with E-state index in [1.165, 1.54) is 10.6 Å². The second kappa shape index (κ2) is 8.22. The summed E-state index contributed by atoms with van der Waals surface area (Å²) in [5, 5.41) is 34.8. The van der Waals surface area contributed by atoms with Gasteiger partial charge in [-0.15, -0.1) is 10.2 Å². The van der Waals surface area contributed by atoms with Gasteiger partial charge in [-0.1, -0.05) is 12.1 Å². The van der Waals surface area contributed by atoms with Crippen molar-refractivity contribution in [3.8, 4) is 17.0 Å². The molecule has 3 heterocycles. The summed E-state index contributed by atoms with van der Waals surface area (Å²) in [5.74, 6) is 0.570. The van der Waals surface area contributed by atoms with E-state index in [1.807, 2.05) is 18.2 Å². The third-order valence-electron chi connectivity index (χ3n) is 6.01. The normalized spacial score (nSPS) is 20.9. The Morgan fingerprint density at radius 1 is 1.06 bits per heavy atom. The van der Waals surface area contributed by atoms with Crippen LogP contribution in [0.5, 0.6) is 5.75 Å². The van der Waals surface area contributed by atoms with E-state index in [9.17, 15) is 10.3 Å². The number of aromatic nitrogens is 2. The first-order chi connectivity index (χ1) is 14.6. The fourth-order valence-corrected chi connectivity index (χ4v) is 4.96. The Morgan fingerprint density at radius 2 is 1.81 bits per heavy atom. The molecule has 7 nitrogen and oxygen atoms in total. The standard InChI is InChI=1S/C24H32N4O3/c1-23(2)14-18(15-24(3,4)27-23)28(30)22-8-7-20(25-26-22)19-6-5-17(13-21(19)29)16-9-11-31-12-10-16/h5-9,13,18,27,29-30H,10-12,14-15H2,1-4H3. The number of piperidine rings is 1. The number of anilines is 1. The van der Waals surface area contributed by atoms with E-state index in [-0.39, 0.29) is 22.9 Å². The largest absolute Gasteiger partial charge is 0.507 e. The summed E-state index contributed by atoms with van der Waals surface area (Å²) in [4.78, 5) is 0. The van der Waals surface area contributed by atoms with Gasteiger partial charge >= 0.3 is 0 Å². The minimum Gasteiger partial charge on any atom is -0.507 e. The van der Waals surface area contributed by atoms with Crippen molar-refractivity contribution in [1.29, 1.82) is 0 Å². The molecule has 1 fully saturated rings. The molecule has 0 bridgehead atoms. The number of phenols is 1. The number of ether oxygens (including phenoxy) is 1. The van der Waals surface area contributed by atoms with Crippen molar-refractivity contribution >= 4 is 11.4 Å². The zero-order chi connectivity index (χ0) is 22.2. The van der Waals surface area contributed by atoms with Crippen molar-refractivity contribution in [2.45, 2.75) is 64.1 Å². The number of aromatic hydroxyl groups is 1. The first-order valence-corrected chi connectivity index (χ1v) is 10.9. The number of hydroxylamine groups is 1. The molecule has 0 radical (unpaired) electrons. The molecule has 0 amide bonds. The molecular formula is C24H32N4O3. The molecule has 2 aliphatic heterocycles. The molecule has 0 spiro atoms. The van der Waals surface area contributed by atoms with Gasteiger partial charge in [-0.05, 0) is 82.4 Å². The summed E-state index contributed by atoms with van der Waals surface area (Å²) in [7, 11) is 0. The Morgan fingerprint density at radius 3 is 2.39 bits per heavy atom. The van der Waals surface area contributed by atoms with Crippen molar-refractivity contribution in [2.24, 2.45) is 0 Å². The van der Waals surface area contributed by atoms with Gasteiger partial charge in [0.25, 0.3) is 0 Å². The van der Waals surface area contributed by atoms with Crippen LogP contribution in [0.3, 0.4) is 0 Å². The predicted molar refractivity (Wildman–Crippen MR) is 121 cm³/mol. The smallest absolute Gasteiger partial charge is 0.175 e. The zero-order valence-electron chi connectivity index (χ0n) is 18.7. The molecule has 2 aliphatic rings. The fraction of sp³-hybridized carbons (Fsp3) is 0.500. The van der Waals surface area contributed by atoms with E-state index in [2.05, 4.69) is 43.2 Å². The zero-order valence-corrected chi connectivity index (χ0v) is 18.7. The summed E-state index contributed by atoms with van der Waals surface area (Å²) >= 11 is 0. The van der Waals surface area contributed by atoms with Gasteiger partial charge < -0.3 is 15.2 Å². The SMILES string of the molecule is CC1(C)CC(N(O)c2ccc(-c3ccc(C4=CCOCC4)cc3O)nn2)CC(C)(C)N1. The maximum absolute atomic E-state index is 10.8. The maximum atomic E-state index is 10.8. The molecule has 7 heteroatoms. The monoisotopic (exact) mass is 424 g/mol. The van der Waals surface area contributed by atoms with E-state index in [4.69, 9.17) is 4.74 Å². The van der Waals surface area contributed by atoms with E-state index in [0.717, 1.165) is 24.8 Å². The van der Waals surface area contributed by atoms with Crippen LogP contribution in [0.15, 0.2) is 36.4 Å². The number of hydrogen-bond acceptors (Lipinski definition) is 7. The average Bonchev–Trinajstić information content (AvgIpc) is 2.72. The Balaban J connectivity index is 1.52. The highest BCUT2D eigenvalue weighted by Crippen LogP contribution is 2.34. The lowest BCUT2D eigenvalue weighted by Crippen LogP contribution is -2.62. The van der Waals surface area contributed by atoms with Crippen molar-refractivity contribution in [3.05, 3.63) is 42.0 Å². The highest BCUT2D eigenvalue weighted by Gasteiger charge is 2.40. The van der Waals surface area contributed by atoms with Crippen LogP contribution in [-0.4, -0.2) is 50.8 Å². The number of benzene rings is 1. The first kappa shape index (κ1) is 21.7. The van der Waals surface area contributed by atoms with Crippen molar-refractivity contribution in [2.75, 3.05) is 18.3 Å². The molecule has 166 valence electrons.